The summed E-state index contributed by atoms with van der Waals surface area (Å²) >= 11 is 0. The van der Waals surface area contributed by atoms with Crippen molar-refractivity contribution < 1.29 is 9.16 Å². The van der Waals surface area contributed by atoms with Gasteiger partial charge in [0.05, 0.1) is 6.61 Å². The molecule has 2 N–H and O–H groups in total. The van der Waals surface area contributed by atoms with Crippen LogP contribution in [0.2, 0.25) is 18.1 Å². The van der Waals surface area contributed by atoms with E-state index in [1.807, 2.05) is 0 Å². The molecule has 0 radical (unpaired) electrons. The van der Waals surface area contributed by atoms with Crippen LogP contribution in [0.1, 0.15) is 33.6 Å². The molecule has 15 heavy (non-hydrogen) atoms. The van der Waals surface area contributed by atoms with Gasteiger partial charge in [0, 0.05) is 12.5 Å². The Hall–Kier alpha value is 0.0969. The number of rotatable bonds is 5. The van der Waals surface area contributed by atoms with E-state index >= 15 is 0 Å². The van der Waals surface area contributed by atoms with Gasteiger partial charge in [0.25, 0.3) is 0 Å². The molecule has 4 heteroatoms. The maximum absolute atomic E-state index is 6.23. The van der Waals surface area contributed by atoms with Gasteiger partial charge in [0.2, 0.25) is 0 Å². The van der Waals surface area contributed by atoms with Crippen LogP contribution in [-0.4, -0.2) is 27.3 Å². The maximum atomic E-state index is 6.23. The zero-order valence-corrected chi connectivity index (χ0v) is 11.3. The highest BCUT2D eigenvalue weighted by Gasteiger charge is 2.34. The molecule has 3 nitrogen and oxygen atoms in total. The van der Waals surface area contributed by atoms with Crippen LogP contribution in [0.15, 0.2) is 0 Å². The molecule has 0 aliphatic carbocycles. The molecule has 1 aliphatic heterocycles. The average molecular weight is 231 g/mol. The summed E-state index contributed by atoms with van der Waals surface area (Å²) in [4.78, 5) is 0. The first kappa shape index (κ1) is 13.2. The van der Waals surface area contributed by atoms with Crippen molar-refractivity contribution in [1.29, 1.82) is 0 Å². The first-order valence-electron chi connectivity index (χ1n) is 6.20. The third-order valence-electron chi connectivity index (χ3n) is 3.60. The maximum Gasteiger partial charge on any atom is 0.195 e. The zero-order chi connectivity index (χ0) is 11.3. The van der Waals surface area contributed by atoms with Gasteiger partial charge in [-0.1, -0.05) is 20.8 Å². The van der Waals surface area contributed by atoms with E-state index in [-0.39, 0.29) is 12.3 Å². The smallest absolute Gasteiger partial charge is 0.195 e. The van der Waals surface area contributed by atoms with Gasteiger partial charge >= 0.3 is 0 Å². The number of ether oxygens (including phenoxy) is 1. The lowest BCUT2D eigenvalue weighted by Gasteiger charge is -2.36. The number of hydrogen-bond acceptors (Lipinski definition) is 3. The van der Waals surface area contributed by atoms with Gasteiger partial charge in [0.15, 0.2) is 8.32 Å². The Labute approximate surface area is 94.5 Å². The second-order valence-electron chi connectivity index (χ2n) is 4.45. The van der Waals surface area contributed by atoms with Crippen LogP contribution in [0, 0.1) is 0 Å². The molecule has 2 unspecified atom stereocenters. The van der Waals surface area contributed by atoms with E-state index in [0.29, 0.717) is 0 Å². The van der Waals surface area contributed by atoms with Crippen molar-refractivity contribution in [1.82, 2.24) is 0 Å². The third-order valence-corrected chi connectivity index (χ3v) is 8.23. The van der Waals surface area contributed by atoms with E-state index in [0.717, 1.165) is 19.4 Å². The molecule has 0 bridgehead atoms. The quantitative estimate of drug-likeness (QED) is 0.739. The molecule has 1 rings (SSSR count). The summed E-state index contributed by atoms with van der Waals surface area (Å²) in [6.07, 6.45) is 1.81. The molecule has 0 aromatic rings. The summed E-state index contributed by atoms with van der Waals surface area (Å²) in [6, 6.07) is 3.79. The molecule has 0 aromatic carbocycles. The summed E-state index contributed by atoms with van der Waals surface area (Å²) in [5.74, 6) is 0. The van der Waals surface area contributed by atoms with Crippen LogP contribution in [0.5, 0.6) is 0 Å². The van der Waals surface area contributed by atoms with E-state index in [9.17, 15) is 0 Å². The molecule has 1 heterocycles. The van der Waals surface area contributed by atoms with Crippen LogP contribution < -0.4 is 5.73 Å². The fourth-order valence-electron chi connectivity index (χ4n) is 2.14. The van der Waals surface area contributed by atoms with Crippen molar-refractivity contribution in [3.63, 3.8) is 0 Å². The van der Waals surface area contributed by atoms with Crippen LogP contribution in [0.3, 0.4) is 0 Å². The van der Waals surface area contributed by atoms with Crippen LogP contribution in [0.25, 0.3) is 0 Å². The average Bonchev–Trinajstić information content (AvgIpc) is 2.26. The first-order valence-corrected chi connectivity index (χ1v) is 8.73. The molecule has 1 aliphatic rings. The van der Waals surface area contributed by atoms with Gasteiger partial charge in [-0.3, -0.25) is 0 Å². The minimum atomic E-state index is -1.51. The highest BCUT2D eigenvalue weighted by Crippen LogP contribution is 2.26. The Morgan fingerprint density at radius 2 is 1.87 bits per heavy atom. The molecule has 0 saturated carbocycles. The highest BCUT2D eigenvalue weighted by molar-refractivity contribution is 6.73. The van der Waals surface area contributed by atoms with E-state index in [1.165, 1.54) is 18.1 Å². The predicted molar refractivity (Wildman–Crippen MR) is 65.2 cm³/mol. The second kappa shape index (κ2) is 5.99. The monoisotopic (exact) mass is 231 g/mol. The van der Waals surface area contributed by atoms with Gasteiger partial charge in [-0.05, 0) is 24.6 Å². The summed E-state index contributed by atoms with van der Waals surface area (Å²) in [5.41, 5.74) is 5.92. The molecule has 0 amide bonds. The van der Waals surface area contributed by atoms with Crippen LogP contribution in [-0.2, 0) is 9.16 Å². The molecule has 2 atom stereocenters. The molecular weight excluding hydrogens is 206 g/mol. The van der Waals surface area contributed by atoms with E-state index in [4.69, 9.17) is 14.9 Å². The Morgan fingerprint density at radius 3 is 2.33 bits per heavy atom. The molecule has 90 valence electrons. The minimum absolute atomic E-state index is 0.0275. The minimum Gasteiger partial charge on any atom is -0.392 e. The molecule has 0 spiro atoms. The van der Waals surface area contributed by atoms with E-state index < -0.39 is 8.32 Å². The summed E-state index contributed by atoms with van der Waals surface area (Å²) < 4.78 is 11.9. The lowest BCUT2D eigenvalue weighted by atomic mass is 10.1. The SMILES string of the molecule is CC[Si](CC)(CC)OC1CC(N)CCO1. The zero-order valence-electron chi connectivity index (χ0n) is 10.3. The van der Waals surface area contributed by atoms with Crippen LogP contribution >= 0.6 is 0 Å². The normalized spacial score (nSPS) is 28.0. The molecule has 0 aromatic heterocycles. The Kier molecular flexibility index (Phi) is 5.25. The molecule has 1 fully saturated rings. The number of hydrogen-bond donors (Lipinski definition) is 1. The van der Waals surface area contributed by atoms with Crippen LogP contribution in [0.4, 0.5) is 0 Å². The Bertz CT molecular complexity index is 177. The largest absolute Gasteiger partial charge is 0.392 e. The first-order chi connectivity index (χ1) is 7.15. The summed E-state index contributed by atoms with van der Waals surface area (Å²) in [5, 5.41) is 0. The molecule has 1 saturated heterocycles. The van der Waals surface area contributed by atoms with Gasteiger partial charge in [0.1, 0.15) is 6.29 Å². The second-order valence-corrected chi connectivity index (χ2v) is 9.17. The summed E-state index contributed by atoms with van der Waals surface area (Å²) in [6.45, 7) is 7.47. The van der Waals surface area contributed by atoms with E-state index in [1.54, 1.807) is 0 Å². The van der Waals surface area contributed by atoms with Gasteiger partial charge < -0.3 is 14.9 Å². The third kappa shape index (κ3) is 3.55. The van der Waals surface area contributed by atoms with Crippen molar-refractivity contribution >= 4 is 8.32 Å². The van der Waals surface area contributed by atoms with Crippen molar-refractivity contribution in [2.45, 2.75) is 64.1 Å². The number of nitrogens with two attached hydrogens (primary N) is 1. The fourth-order valence-corrected chi connectivity index (χ4v) is 4.87. The Morgan fingerprint density at radius 1 is 1.27 bits per heavy atom. The van der Waals surface area contributed by atoms with E-state index in [2.05, 4.69) is 20.8 Å². The lowest BCUT2D eigenvalue weighted by molar-refractivity contribution is -0.117. The topological polar surface area (TPSA) is 44.5 Å². The predicted octanol–water partition coefficient (Wildman–Crippen LogP) is 2.47. The van der Waals surface area contributed by atoms with Crippen molar-refractivity contribution in [2.75, 3.05) is 6.61 Å². The van der Waals surface area contributed by atoms with Gasteiger partial charge in [-0.2, -0.15) is 0 Å². The highest BCUT2D eigenvalue weighted by atomic mass is 28.4. The van der Waals surface area contributed by atoms with Gasteiger partial charge in [-0.25, -0.2) is 0 Å². The lowest BCUT2D eigenvalue weighted by Crippen LogP contribution is -2.45. The fraction of sp³-hybridized carbons (Fsp3) is 1.00. The summed E-state index contributed by atoms with van der Waals surface area (Å²) in [7, 11) is -1.51. The van der Waals surface area contributed by atoms with Crippen molar-refractivity contribution in [2.24, 2.45) is 5.73 Å². The van der Waals surface area contributed by atoms with Crippen molar-refractivity contribution in [3.05, 3.63) is 0 Å². The Balaban J connectivity index is 2.49. The standard InChI is InChI=1S/C11H25NO2Si/c1-4-15(5-2,6-3)14-11-9-10(12)7-8-13-11/h10-11H,4-9,12H2,1-3H3. The molecular formula is C11H25NO2Si. The van der Waals surface area contributed by atoms with Crippen molar-refractivity contribution in [3.8, 4) is 0 Å². The van der Waals surface area contributed by atoms with Gasteiger partial charge in [-0.15, -0.1) is 0 Å².